The number of carbonyl (C=O) groups excluding carboxylic acids is 1. The number of aliphatic imine (C=N–C) groups is 1. The van der Waals surface area contributed by atoms with E-state index in [9.17, 15) is 4.79 Å². The lowest BCUT2D eigenvalue weighted by Crippen LogP contribution is -2.43. The van der Waals surface area contributed by atoms with E-state index in [4.69, 9.17) is 4.99 Å². The van der Waals surface area contributed by atoms with Crippen LogP contribution in [0.1, 0.15) is 38.4 Å². The Morgan fingerprint density at radius 3 is 2.56 bits per heavy atom. The summed E-state index contributed by atoms with van der Waals surface area (Å²) in [5, 5.41) is 3.34. The number of carbonyl (C=O) groups is 1. The van der Waals surface area contributed by atoms with Crippen LogP contribution in [0, 0.1) is 0 Å². The monoisotopic (exact) mass is 428 g/mol. The van der Waals surface area contributed by atoms with E-state index in [-0.39, 0.29) is 5.91 Å². The maximum Gasteiger partial charge on any atom is 0.265 e. The lowest BCUT2D eigenvalue weighted by Gasteiger charge is -2.28. The zero-order chi connectivity index (χ0) is 22.8. The molecule has 32 heavy (non-hydrogen) atoms. The Labute approximate surface area is 191 Å². The first-order chi connectivity index (χ1) is 15.6. The summed E-state index contributed by atoms with van der Waals surface area (Å²) in [4.78, 5) is 25.5. The number of aromatic nitrogens is 1. The molecule has 0 spiro atoms. The third kappa shape index (κ3) is 4.94. The molecule has 0 bridgehead atoms. The minimum Gasteiger partial charge on any atom is -0.317 e. The first-order valence-corrected chi connectivity index (χ1v) is 11.2. The van der Waals surface area contributed by atoms with E-state index in [1.165, 1.54) is 0 Å². The number of amidine groups is 1. The molecule has 0 saturated heterocycles. The number of hydrogen-bond donors (Lipinski definition) is 1. The highest BCUT2D eigenvalue weighted by molar-refractivity contribution is 6.15. The smallest absolute Gasteiger partial charge is 0.265 e. The molecule has 5 heteroatoms. The lowest BCUT2D eigenvalue weighted by atomic mass is 9.83. The van der Waals surface area contributed by atoms with Gasteiger partial charge in [-0.15, -0.1) is 0 Å². The van der Waals surface area contributed by atoms with Gasteiger partial charge in [-0.25, -0.2) is 4.99 Å². The second-order valence-corrected chi connectivity index (χ2v) is 7.65. The Morgan fingerprint density at radius 2 is 1.88 bits per heavy atom. The van der Waals surface area contributed by atoms with E-state index in [2.05, 4.69) is 17.2 Å². The third-order valence-corrected chi connectivity index (χ3v) is 5.49. The van der Waals surface area contributed by atoms with Gasteiger partial charge in [0.15, 0.2) is 11.4 Å². The van der Waals surface area contributed by atoms with Gasteiger partial charge < -0.3 is 5.32 Å². The Morgan fingerprint density at radius 1 is 1.09 bits per heavy atom. The van der Waals surface area contributed by atoms with Gasteiger partial charge in [-0.3, -0.25) is 14.7 Å². The van der Waals surface area contributed by atoms with Crippen LogP contribution in [0.2, 0.25) is 0 Å². The maximum atomic E-state index is 14.1. The quantitative estimate of drug-likeness (QED) is 0.443. The highest BCUT2D eigenvalue weighted by Crippen LogP contribution is 2.41. The highest BCUT2D eigenvalue weighted by atomic mass is 16.2. The molecular weight excluding hydrogens is 396 g/mol. The minimum absolute atomic E-state index is 0.0333. The van der Waals surface area contributed by atoms with Crippen LogP contribution in [-0.2, 0) is 10.3 Å². The average molecular weight is 429 g/mol. The van der Waals surface area contributed by atoms with Crippen LogP contribution >= 0.6 is 0 Å². The molecule has 1 aliphatic heterocycles. The summed E-state index contributed by atoms with van der Waals surface area (Å²) in [6.45, 7) is 8.36. The van der Waals surface area contributed by atoms with Gasteiger partial charge in [0.25, 0.3) is 5.91 Å². The molecule has 1 unspecified atom stereocenters. The molecule has 1 aromatic heterocycles. The lowest BCUT2D eigenvalue weighted by molar-refractivity contribution is -0.130. The number of nitrogens with zero attached hydrogens (tertiary/aromatic N) is 3. The maximum absolute atomic E-state index is 14.1. The van der Waals surface area contributed by atoms with Crippen LogP contribution in [0.25, 0.3) is 0 Å². The first kappa shape index (κ1) is 23.4. The van der Waals surface area contributed by atoms with E-state index in [0.29, 0.717) is 18.1 Å². The van der Waals surface area contributed by atoms with Crippen LogP contribution < -0.4 is 5.32 Å². The van der Waals surface area contributed by atoms with E-state index < -0.39 is 5.54 Å². The fourth-order valence-electron chi connectivity index (χ4n) is 3.84. The molecule has 1 aliphatic rings. The van der Waals surface area contributed by atoms with E-state index in [1.807, 2.05) is 92.8 Å². The summed E-state index contributed by atoms with van der Waals surface area (Å²) < 4.78 is 0. The largest absolute Gasteiger partial charge is 0.317 e. The first-order valence-electron chi connectivity index (χ1n) is 11.2. The summed E-state index contributed by atoms with van der Waals surface area (Å²) in [6.07, 6.45) is 12.4. The third-order valence-electron chi connectivity index (χ3n) is 5.49. The molecule has 0 saturated carbocycles. The van der Waals surface area contributed by atoms with Crippen LogP contribution in [0.15, 0.2) is 95.7 Å². The Bertz CT molecular complexity index is 1010. The Balaban J connectivity index is 2.12. The number of rotatable bonds is 10. The van der Waals surface area contributed by atoms with E-state index in [0.717, 1.165) is 30.6 Å². The van der Waals surface area contributed by atoms with Crippen molar-refractivity contribution < 1.29 is 4.79 Å². The summed E-state index contributed by atoms with van der Waals surface area (Å²) in [6, 6.07) is 15.5. The van der Waals surface area contributed by atoms with Crippen LogP contribution in [0.3, 0.4) is 0 Å². The number of nitrogens with one attached hydrogen (secondary N) is 1. The molecule has 1 N–H and O–H groups in total. The van der Waals surface area contributed by atoms with Crippen molar-refractivity contribution in [2.45, 2.75) is 32.7 Å². The standard InChI is InChI=1S/C27H32N4O/c1-4-6-7-9-15-22(3)27(23-16-10-8-11-17-23)26(32)31(21-14-19-28-5-2)25(30-27)24-18-12-13-20-29-24/h4,6-13,15-18,20,28H,5,14,19,21H2,1-3H3/b6-4-,9-7-,22-15+. The van der Waals surface area contributed by atoms with Crippen molar-refractivity contribution in [3.05, 3.63) is 102 Å². The number of hydrogen-bond acceptors (Lipinski definition) is 4. The molecule has 5 nitrogen and oxygen atoms in total. The van der Waals surface area contributed by atoms with Gasteiger partial charge in [0.05, 0.1) is 0 Å². The Hall–Kier alpha value is -3.31. The molecule has 1 aromatic carbocycles. The topological polar surface area (TPSA) is 57.6 Å². The molecule has 0 radical (unpaired) electrons. The molecule has 3 rings (SSSR count). The fourth-order valence-corrected chi connectivity index (χ4v) is 3.84. The van der Waals surface area contributed by atoms with E-state index in [1.54, 1.807) is 11.1 Å². The Kier molecular flexibility index (Phi) is 8.28. The molecule has 166 valence electrons. The molecule has 0 fully saturated rings. The molecule has 1 atom stereocenters. The number of allylic oxidation sites excluding steroid dienone is 5. The van der Waals surface area contributed by atoms with Crippen molar-refractivity contribution >= 4 is 11.7 Å². The highest BCUT2D eigenvalue weighted by Gasteiger charge is 2.51. The van der Waals surface area contributed by atoms with Gasteiger partial charge in [-0.2, -0.15) is 0 Å². The second-order valence-electron chi connectivity index (χ2n) is 7.65. The van der Waals surface area contributed by atoms with Gasteiger partial charge in [0.2, 0.25) is 0 Å². The molecule has 2 heterocycles. The van der Waals surface area contributed by atoms with Crippen molar-refractivity contribution in [3.63, 3.8) is 0 Å². The SMILES string of the molecule is C\C=C/C=C\C=C(/C)C1(c2ccccc2)N=C(c2ccccn2)N(CCCNCC)C1=O. The van der Waals surface area contributed by atoms with Gasteiger partial charge in [0, 0.05) is 12.7 Å². The molecule has 2 aromatic rings. The molecule has 1 amide bonds. The summed E-state index contributed by atoms with van der Waals surface area (Å²) >= 11 is 0. The van der Waals surface area contributed by atoms with Crippen LogP contribution in [0.5, 0.6) is 0 Å². The zero-order valence-corrected chi connectivity index (χ0v) is 19.2. The summed E-state index contributed by atoms with van der Waals surface area (Å²) in [5.41, 5.74) is 1.34. The summed E-state index contributed by atoms with van der Waals surface area (Å²) in [7, 11) is 0. The number of benzene rings is 1. The predicted molar refractivity (Wildman–Crippen MR) is 131 cm³/mol. The van der Waals surface area contributed by atoms with Gasteiger partial charge in [-0.05, 0) is 56.6 Å². The summed E-state index contributed by atoms with van der Waals surface area (Å²) in [5.74, 6) is 0.593. The fraction of sp³-hybridized carbons (Fsp3) is 0.296. The zero-order valence-electron chi connectivity index (χ0n) is 19.2. The average Bonchev–Trinajstić information content (AvgIpc) is 3.14. The van der Waals surface area contributed by atoms with E-state index >= 15 is 0 Å². The van der Waals surface area contributed by atoms with Crippen molar-refractivity contribution in [1.82, 2.24) is 15.2 Å². The number of pyridine rings is 1. The molecular formula is C27H32N4O. The van der Waals surface area contributed by atoms with Gasteiger partial charge in [0.1, 0.15) is 5.69 Å². The van der Waals surface area contributed by atoms with Crippen LogP contribution in [-0.4, -0.2) is 41.3 Å². The van der Waals surface area contributed by atoms with Crippen molar-refractivity contribution in [2.24, 2.45) is 4.99 Å². The second kappa shape index (κ2) is 11.3. The molecule has 0 aliphatic carbocycles. The van der Waals surface area contributed by atoms with Crippen molar-refractivity contribution in [3.8, 4) is 0 Å². The van der Waals surface area contributed by atoms with Crippen molar-refractivity contribution in [1.29, 1.82) is 0 Å². The van der Waals surface area contributed by atoms with Gasteiger partial charge >= 0.3 is 0 Å². The number of amides is 1. The normalized spacial score (nSPS) is 19.3. The minimum atomic E-state index is -1.10. The van der Waals surface area contributed by atoms with Crippen LogP contribution in [0.4, 0.5) is 0 Å². The predicted octanol–water partition coefficient (Wildman–Crippen LogP) is 4.64. The van der Waals surface area contributed by atoms with Crippen molar-refractivity contribution in [2.75, 3.05) is 19.6 Å². The van der Waals surface area contributed by atoms with Gasteiger partial charge in [-0.1, -0.05) is 73.7 Å².